The molecule has 2 N–H and O–H groups in total. The van der Waals surface area contributed by atoms with Gasteiger partial charge in [-0.1, -0.05) is 95.5 Å². The molecule has 0 saturated carbocycles. The highest BCUT2D eigenvalue weighted by molar-refractivity contribution is 6.43. The van der Waals surface area contributed by atoms with Crippen LogP contribution in [0.15, 0.2) is 97.1 Å². The monoisotopic (exact) mass is 622 g/mol. The molecule has 5 rings (SSSR count). The van der Waals surface area contributed by atoms with Gasteiger partial charge in [-0.25, -0.2) is 9.59 Å². The van der Waals surface area contributed by atoms with Crippen LogP contribution in [-0.2, 0) is 14.3 Å². The number of ether oxygens (including phenoxy) is 2. The highest BCUT2D eigenvalue weighted by atomic mass is 35.5. The molecule has 0 aromatic heterocycles. The number of methoxy groups -OCH3 is 1. The molecule has 216 valence electrons. The summed E-state index contributed by atoms with van der Waals surface area (Å²) in [6.45, 7) is 3.49. The Morgan fingerprint density at radius 1 is 0.595 bits per heavy atom. The average Bonchev–Trinajstić information content (AvgIpc) is 2.99. The summed E-state index contributed by atoms with van der Waals surface area (Å²) in [5.41, 5.74) is 1.74. The van der Waals surface area contributed by atoms with Crippen molar-refractivity contribution in [3.63, 3.8) is 0 Å². The molecule has 0 amide bonds. The van der Waals surface area contributed by atoms with E-state index < -0.39 is 12.0 Å². The van der Waals surface area contributed by atoms with Gasteiger partial charge in [-0.05, 0) is 65.7 Å². The number of carbonyl (C=O) groups excluding carboxylic acids is 2. The van der Waals surface area contributed by atoms with E-state index in [4.69, 9.17) is 39.5 Å². The van der Waals surface area contributed by atoms with E-state index in [0.717, 1.165) is 27.5 Å². The molecule has 2 atom stereocenters. The van der Waals surface area contributed by atoms with Crippen molar-refractivity contribution in [3.05, 3.63) is 112 Å². The van der Waals surface area contributed by atoms with E-state index in [1.165, 1.54) is 24.6 Å². The predicted molar refractivity (Wildman–Crippen MR) is 173 cm³/mol. The van der Waals surface area contributed by atoms with E-state index in [1.54, 1.807) is 13.8 Å². The molecule has 0 bridgehead atoms. The smallest absolute Gasteiger partial charge is 0.333 e. The van der Waals surface area contributed by atoms with Crippen molar-refractivity contribution in [3.8, 4) is 5.75 Å². The first-order valence-electron chi connectivity index (χ1n) is 13.1. The van der Waals surface area contributed by atoms with Crippen molar-refractivity contribution in [1.82, 2.24) is 0 Å². The van der Waals surface area contributed by atoms with Crippen LogP contribution < -0.4 is 15.4 Å². The quantitative estimate of drug-likeness (QED) is 0.107. The first-order valence-corrected chi connectivity index (χ1v) is 14.2. The maximum absolute atomic E-state index is 12.3. The lowest BCUT2D eigenvalue weighted by atomic mass is 10.1. The van der Waals surface area contributed by atoms with Crippen molar-refractivity contribution in [2.24, 2.45) is 0 Å². The minimum absolute atomic E-state index is 0.174. The zero-order valence-corrected chi connectivity index (χ0v) is 25.4. The molecule has 5 aromatic carbocycles. The predicted octanol–water partition coefficient (Wildman–Crippen LogP) is 9.02. The topological polar surface area (TPSA) is 76.7 Å². The molecule has 0 fully saturated rings. The number of carbonyl (C=O) groups is 2. The molecule has 5 aromatic rings. The first-order chi connectivity index (χ1) is 20.1. The average molecular weight is 624 g/mol. The Kier molecular flexibility index (Phi) is 10.5. The van der Waals surface area contributed by atoms with Gasteiger partial charge in [0.15, 0.2) is 5.75 Å². The SMILES string of the molecule is COC(=O)[C@H](C)Nc1ccc2ccccc2c1.C[C@H](Nc1ccc2ccccc2c1)C(=O)Oc1cc(Cl)c(Cl)cc1Cl. The Labute approximate surface area is 259 Å². The molecule has 0 spiro atoms. The van der Waals surface area contributed by atoms with Crippen LogP contribution in [0.3, 0.4) is 0 Å². The van der Waals surface area contributed by atoms with Crippen molar-refractivity contribution >= 4 is 79.7 Å². The lowest BCUT2D eigenvalue weighted by molar-refractivity contribution is -0.141. The van der Waals surface area contributed by atoms with Crippen LogP contribution in [0, 0.1) is 0 Å². The van der Waals surface area contributed by atoms with Gasteiger partial charge in [-0.3, -0.25) is 0 Å². The maximum atomic E-state index is 12.3. The molecule has 0 unspecified atom stereocenters. The van der Waals surface area contributed by atoms with Gasteiger partial charge in [-0.15, -0.1) is 0 Å². The summed E-state index contributed by atoms with van der Waals surface area (Å²) in [5, 5.41) is 11.6. The molecule has 0 radical (unpaired) electrons. The number of anilines is 2. The fraction of sp³-hybridized carbons (Fsp3) is 0.152. The molecular weight excluding hydrogens is 595 g/mol. The van der Waals surface area contributed by atoms with Crippen molar-refractivity contribution in [1.29, 1.82) is 0 Å². The Morgan fingerprint density at radius 2 is 1.05 bits per heavy atom. The number of hydrogen-bond donors (Lipinski definition) is 2. The van der Waals surface area contributed by atoms with Crippen molar-refractivity contribution in [2.45, 2.75) is 25.9 Å². The number of rotatable bonds is 7. The number of nitrogens with one attached hydrogen (secondary N) is 2. The fourth-order valence-corrected chi connectivity index (χ4v) is 4.71. The number of fused-ring (bicyclic) bond motifs is 2. The minimum atomic E-state index is -0.577. The Hall–Kier alpha value is -3.97. The fourth-order valence-electron chi connectivity index (χ4n) is 4.13. The maximum Gasteiger partial charge on any atom is 0.333 e. The minimum Gasteiger partial charge on any atom is -0.467 e. The summed E-state index contributed by atoms with van der Waals surface area (Å²) in [4.78, 5) is 23.6. The van der Waals surface area contributed by atoms with Gasteiger partial charge >= 0.3 is 11.9 Å². The van der Waals surface area contributed by atoms with Gasteiger partial charge < -0.3 is 20.1 Å². The van der Waals surface area contributed by atoms with Gasteiger partial charge in [0.05, 0.1) is 22.2 Å². The van der Waals surface area contributed by atoms with Gasteiger partial charge in [0.2, 0.25) is 0 Å². The second-order valence-electron chi connectivity index (χ2n) is 9.50. The molecule has 9 heteroatoms. The largest absolute Gasteiger partial charge is 0.467 e. The van der Waals surface area contributed by atoms with Gasteiger partial charge in [0, 0.05) is 17.4 Å². The zero-order chi connectivity index (χ0) is 30.2. The number of benzene rings is 5. The van der Waals surface area contributed by atoms with E-state index in [1.807, 2.05) is 78.9 Å². The Bertz CT molecular complexity index is 1730. The Morgan fingerprint density at radius 3 is 1.55 bits per heavy atom. The van der Waals surface area contributed by atoms with Crippen LogP contribution in [-0.4, -0.2) is 31.1 Å². The lowest BCUT2D eigenvalue weighted by Crippen LogP contribution is -2.30. The molecule has 0 aliphatic rings. The van der Waals surface area contributed by atoms with E-state index in [2.05, 4.69) is 21.4 Å². The number of esters is 2. The van der Waals surface area contributed by atoms with E-state index in [0.29, 0.717) is 5.02 Å². The second kappa shape index (κ2) is 14.3. The van der Waals surface area contributed by atoms with E-state index in [-0.39, 0.29) is 27.8 Å². The molecule has 6 nitrogen and oxygen atoms in total. The molecule has 0 aliphatic heterocycles. The summed E-state index contributed by atoms with van der Waals surface area (Å²) >= 11 is 17.8. The first kappa shape index (κ1) is 31.0. The second-order valence-corrected chi connectivity index (χ2v) is 10.7. The van der Waals surface area contributed by atoms with Gasteiger partial charge in [-0.2, -0.15) is 0 Å². The summed E-state index contributed by atoms with van der Waals surface area (Å²) in [6.07, 6.45) is 0. The summed E-state index contributed by atoms with van der Waals surface area (Å²) in [7, 11) is 1.39. The van der Waals surface area contributed by atoms with E-state index in [9.17, 15) is 9.59 Å². The normalized spacial score (nSPS) is 12.0. The van der Waals surface area contributed by atoms with Crippen LogP contribution >= 0.6 is 34.8 Å². The standard InChI is InChI=1S/C19H14Cl3NO2.C14H15NO2/c1-11(19(24)25-18-10-16(21)15(20)9-17(18)22)23-14-7-6-12-4-2-3-5-13(12)8-14;1-10(14(16)17-2)15-13-8-7-11-5-3-4-6-12(11)9-13/h2-11,23H,1H3;3-10,15H,1-2H3/t11-;10-/m00/s1. The van der Waals surface area contributed by atoms with Gasteiger partial charge in [0.25, 0.3) is 0 Å². The lowest BCUT2D eigenvalue weighted by Gasteiger charge is -2.15. The molecule has 42 heavy (non-hydrogen) atoms. The van der Waals surface area contributed by atoms with Crippen LogP contribution in [0.5, 0.6) is 5.75 Å². The van der Waals surface area contributed by atoms with Crippen LogP contribution in [0.1, 0.15) is 13.8 Å². The van der Waals surface area contributed by atoms with Crippen molar-refractivity contribution in [2.75, 3.05) is 17.7 Å². The summed E-state index contributed by atoms with van der Waals surface area (Å²) < 4.78 is 10.00. The third kappa shape index (κ3) is 8.07. The summed E-state index contributed by atoms with van der Waals surface area (Å²) in [6, 6.07) is 29.9. The number of hydrogen-bond acceptors (Lipinski definition) is 6. The zero-order valence-electron chi connectivity index (χ0n) is 23.2. The third-order valence-corrected chi connectivity index (χ3v) is 7.38. The highest BCUT2D eigenvalue weighted by Gasteiger charge is 2.18. The molecule has 0 heterocycles. The van der Waals surface area contributed by atoms with Crippen LogP contribution in [0.2, 0.25) is 15.1 Å². The molecular formula is C33H29Cl3N2O4. The molecule has 0 aliphatic carbocycles. The Balaban J connectivity index is 0.000000208. The summed E-state index contributed by atoms with van der Waals surface area (Å²) in [5.74, 6) is -0.570. The van der Waals surface area contributed by atoms with Crippen LogP contribution in [0.25, 0.3) is 21.5 Å². The number of halogens is 3. The molecule has 0 saturated heterocycles. The van der Waals surface area contributed by atoms with E-state index >= 15 is 0 Å². The highest BCUT2D eigenvalue weighted by Crippen LogP contribution is 2.34. The van der Waals surface area contributed by atoms with Crippen LogP contribution in [0.4, 0.5) is 11.4 Å². The van der Waals surface area contributed by atoms with Crippen molar-refractivity contribution < 1.29 is 19.1 Å². The van der Waals surface area contributed by atoms with Gasteiger partial charge in [0.1, 0.15) is 12.1 Å². The third-order valence-electron chi connectivity index (χ3n) is 6.36.